The normalized spacial score (nSPS) is 21.8. The molecule has 1 spiro atoms. The zero-order chi connectivity index (χ0) is 25.3. The van der Waals surface area contributed by atoms with Gasteiger partial charge < -0.3 is 15.4 Å². The molecule has 2 aliphatic rings. The molecular formula is C24H29N5O6. The standard InChI is InChI=1S/C24H29N5O6/c1-15-9-7-8-12-24(15)22(33)28(23(34)26-24)13-19(31)35-14-18(30)25-20-16(2)27(3)29(21(20)32)17-10-5-4-6-11-17/h4-6,10-11,15H,7-9,12-14H2,1-3H3,(H,25,30)(H,26,34). The Bertz CT molecular complexity index is 1230. The first kappa shape index (κ1) is 24.2. The first-order valence-electron chi connectivity index (χ1n) is 11.6. The molecular weight excluding hydrogens is 454 g/mol. The monoisotopic (exact) mass is 483 g/mol. The summed E-state index contributed by atoms with van der Waals surface area (Å²) in [5, 5.41) is 5.26. The maximum atomic E-state index is 13.0. The van der Waals surface area contributed by atoms with Gasteiger partial charge in [0.25, 0.3) is 17.4 Å². The van der Waals surface area contributed by atoms with Crippen LogP contribution in [-0.4, -0.2) is 56.8 Å². The van der Waals surface area contributed by atoms with Gasteiger partial charge in [-0.15, -0.1) is 0 Å². The molecule has 0 bridgehead atoms. The Kier molecular flexibility index (Phi) is 6.51. The number of para-hydroxylation sites is 1. The molecule has 1 saturated carbocycles. The summed E-state index contributed by atoms with van der Waals surface area (Å²) in [6.07, 6.45) is 3.15. The number of esters is 1. The molecule has 2 unspecified atom stereocenters. The second-order valence-electron chi connectivity index (χ2n) is 9.09. The number of nitrogens with zero attached hydrogens (tertiary/aromatic N) is 3. The fourth-order valence-electron chi connectivity index (χ4n) is 4.85. The maximum absolute atomic E-state index is 13.0. The van der Waals surface area contributed by atoms with Gasteiger partial charge in [-0.1, -0.05) is 38.0 Å². The number of ether oxygens (including phenoxy) is 1. The lowest BCUT2D eigenvalue weighted by Gasteiger charge is -2.36. The fraction of sp³-hybridized carbons (Fsp3) is 0.458. The summed E-state index contributed by atoms with van der Waals surface area (Å²) in [6.45, 7) is 2.35. The number of hydrogen-bond acceptors (Lipinski definition) is 6. The van der Waals surface area contributed by atoms with Crippen LogP contribution in [0.5, 0.6) is 0 Å². The van der Waals surface area contributed by atoms with Crippen molar-refractivity contribution in [1.29, 1.82) is 0 Å². The van der Waals surface area contributed by atoms with Gasteiger partial charge in [0.15, 0.2) is 6.61 Å². The van der Waals surface area contributed by atoms with Crippen LogP contribution in [0.4, 0.5) is 10.5 Å². The molecule has 1 aliphatic carbocycles. The Hall–Kier alpha value is -3.89. The van der Waals surface area contributed by atoms with Crippen LogP contribution in [0.15, 0.2) is 35.1 Å². The second kappa shape index (κ2) is 9.40. The number of benzene rings is 1. The van der Waals surface area contributed by atoms with Gasteiger partial charge >= 0.3 is 12.0 Å². The van der Waals surface area contributed by atoms with Crippen LogP contribution < -0.4 is 16.2 Å². The Balaban J connectivity index is 1.37. The lowest BCUT2D eigenvalue weighted by Crippen LogP contribution is -2.54. The van der Waals surface area contributed by atoms with Crippen molar-refractivity contribution in [2.24, 2.45) is 13.0 Å². The molecule has 1 saturated heterocycles. The molecule has 1 aliphatic heterocycles. The number of amides is 4. The predicted octanol–water partition coefficient (Wildman–Crippen LogP) is 1.47. The molecule has 4 amide bonds. The number of carbonyl (C=O) groups is 4. The van der Waals surface area contributed by atoms with Gasteiger partial charge in [-0.05, 0) is 37.8 Å². The fourth-order valence-corrected chi connectivity index (χ4v) is 4.85. The zero-order valence-corrected chi connectivity index (χ0v) is 20.0. The lowest BCUT2D eigenvalue weighted by atomic mass is 9.73. The van der Waals surface area contributed by atoms with E-state index in [-0.39, 0.29) is 11.6 Å². The molecule has 35 heavy (non-hydrogen) atoms. The summed E-state index contributed by atoms with van der Waals surface area (Å²) in [4.78, 5) is 63.9. The summed E-state index contributed by atoms with van der Waals surface area (Å²) >= 11 is 0. The van der Waals surface area contributed by atoms with Crippen molar-refractivity contribution in [3.05, 3.63) is 46.4 Å². The summed E-state index contributed by atoms with van der Waals surface area (Å²) < 4.78 is 8.02. The Morgan fingerprint density at radius 2 is 1.89 bits per heavy atom. The highest BCUT2D eigenvalue weighted by atomic mass is 16.5. The molecule has 2 aromatic rings. The number of rotatable bonds is 6. The van der Waals surface area contributed by atoms with Crippen LogP contribution in [0.1, 0.15) is 38.3 Å². The quantitative estimate of drug-likeness (QED) is 0.472. The van der Waals surface area contributed by atoms with Crippen molar-refractivity contribution in [1.82, 2.24) is 19.6 Å². The van der Waals surface area contributed by atoms with E-state index in [9.17, 15) is 24.0 Å². The van der Waals surface area contributed by atoms with Crippen molar-refractivity contribution < 1.29 is 23.9 Å². The van der Waals surface area contributed by atoms with E-state index in [1.54, 1.807) is 42.9 Å². The van der Waals surface area contributed by atoms with E-state index in [2.05, 4.69) is 10.6 Å². The van der Waals surface area contributed by atoms with Crippen LogP contribution in [0.25, 0.3) is 5.69 Å². The van der Waals surface area contributed by atoms with Gasteiger partial charge in [-0.25, -0.2) is 9.48 Å². The van der Waals surface area contributed by atoms with Crippen molar-refractivity contribution in [2.45, 2.75) is 45.1 Å². The molecule has 11 heteroatoms. The SMILES string of the molecule is Cc1c(NC(=O)COC(=O)CN2C(=O)NC3(CCCCC3C)C2=O)c(=O)n(-c2ccccc2)n1C. The number of nitrogens with one attached hydrogen (secondary N) is 2. The third-order valence-corrected chi connectivity index (χ3v) is 6.97. The summed E-state index contributed by atoms with van der Waals surface area (Å²) in [5.41, 5.74) is -0.184. The molecule has 2 fully saturated rings. The smallest absolute Gasteiger partial charge is 0.326 e. The van der Waals surface area contributed by atoms with Crippen LogP contribution in [0.3, 0.4) is 0 Å². The minimum Gasteiger partial charge on any atom is -0.454 e. The Morgan fingerprint density at radius 1 is 1.17 bits per heavy atom. The molecule has 11 nitrogen and oxygen atoms in total. The van der Waals surface area contributed by atoms with E-state index in [1.165, 1.54) is 4.68 Å². The van der Waals surface area contributed by atoms with Gasteiger partial charge in [-0.3, -0.25) is 28.8 Å². The minimum absolute atomic E-state index is 0.0338. The maximum Gasteiger partial charge on any atom is 0.326 e. The molecule has 2 heterocycles. The van der Waals surface area contributed by atoms with E-state index in [0.29, 0.717) is 17.8 Å². The number of anilines is 1. The summed E-state index contributed by atoms with van der Waals surface area (Å²) in [6, 6.07) is 8.32. The molecule has 2 atom stereocenters. The van der Waals surface area contributed by atoms with E-state index in [4.69, 9.17) is 4.74 Å². The van der Waals surface area contributed by atoms with Gasteiger partial charge in [0, 0.05) is 7.05 Å². The average molecular weight is 484 g/mol. The average Bonchev–Trinajstić information content (AvgIpc) is 3.20. The summed E-state index contributed by atoms with van der Waals surface area (Å²) in [5.74, 6) is -2.07. The van der Waals surface area contributed by atoms with Gasteiger partial charge in [-0.2, -0.15) is 0 Å². The summed E-state index contributed by atoms with van der Waals surface area (Å²) in [7, 11) is 1.69. The van der Waals surface area contributed by atoms with Gasteiger partial charge in [0.05, 0.1) is 11.4 Å². The second-order valence-corrected chi connectivity index (χ2v) is 9.09. The zero-order valence-electron chi connectivity index (χ0n) is 20.0. The molecule has 1 aromatic carbocycles. The van der Waals surface area contributed by atoms with Crippen molar-refractivity contribution >= 4 is 29.5 Å². The molecule has 186 valence electrons. The van der Waals surface area contributed by atoms with Crippen molar-refractivity contribution in [3.63, 3.8) is 0 Å². The highest BCUT2D eigenvalue weighted by Gasteiger charge is 2.55. The molecule has 0 radical (unpaired) electrons. The molecule has 1 aromatic heterocycles. The Morgan fingerprint density at radius 3 is 2.57 bits per heavy atom. The minimum atomic E-state index is -0.976. The highest BCUT2D eigenvalue weighted by Crippen LogP contribution is 2.38. The van der Waals surface area contributed by atoms with Gasteiger partial charge in [0.2, 0.25) is 0 Å². The van der Waals surface area contributed by atoms with E-state index in [1.807, 2.05) is 13.0 Å². The molecule has 4 rings (SSSR count). The third kappa shape index (κ3) is 4.33. The van der Waals surface area contributed by atoms with Crippen LogP contribution in [0.2, 0.25) is 0 Å². The molecule has 2 N–H and O–H groups in total. The number of urea groups is 1. The Labute approximate surface area is 202 Å². The number of imide groups is 1. The predicted molar refractivity (Wildman–Crippen MR) is 126 cm³/mol. The first-order chi connectivity index (χ1) is 16.7. The van der Waals surface area contributed by atoms with Crippen LogP contribution >= 0.6 is 0 Å². The van der Waals surface area contributed by atoms with E-state index in [0.717, 1.165) is 24.2 Å². The van der Waals surface area contributed by atoms with Crippen molar-refractivity contribution in [3.8, 4) is 5.69 Å². The lowest BCUT2D eigenvalue weighted by molar-refractivity contribution is -0.150. The largest absolute Gasteiger partial charge is 0.454 e. The van der Waals surface area contributed by atoms with Crippen LogP contribution in [0, 0.1) is 12.8 Å². The highest BCUT2D eigenvalue weighted by molar-refractivity contribution is 6.09. The number of carbonyl (C=O) groups excluding carboxylic acids is 4. The van der Waals surface area contributed by atoms with E-state index >= 15 is 0 Å². The number of aromatic nitrogens is 2. The first-order valence-corrected chi connectivity index (χ1v) is 11.6. The third-order valence-electron chi connectivity index (χ3n) is 6.97. The van der Waals surface area contributed by atoms with Gasteiger partial charge in [0.1, 0.15) is 17.8 Å². The van der Waals surface area contributed by atoms with Crippen molar-refractivity contribution in [2.75, 3.05) is 18.5 Å². The topological polar surface area (TPSA) is 132 Å². The van der Waals surface area contributed by atoms with Crippen LogP contribution in [-0.2, 0) is 26.2 Å². The number of hydrogen-bond donors (Lipinski definition) is 2. The van der Waals surface area contributed by atoms with E-state index < -0.39 is 48.1 Å².